The van der Waals surface area contributed by atoms with E-state index in [0.29, 0.717) is 51.5 Å². The molecule has 7 atom stereocenters. The standard InChI is InChI=1S/3C12H22O3S.2C10H14OS.C9H12O2S.C9H12OS.C6H14.2C5H12/c1-3-11(9-13-5-1)15-7-8-16-12-4-2-6-14-10-12;1-2-7-15-12(5-1)16-9-8-14-11-4-3-6-13-10-11;1-2-7-14-12(5-1)15-8-9-16-11-4-3-6-13-10-11;1-9(12-8-7-11)10-5-3-2-4-6-10;11-7-9-12-8-6-10-4-2-1-3-5-10;10-5-6-12-7-8-3-1-2-4-9(8)11;10-6-7-11-8-9-4-2-1-3-5-9;1-3-5-6-4-2;2*1-3-5-4-2/h3*11-12H,1-10H2;2-6,9,11H,7-8H2,1H3;1-5,11H,6-9H2;1-4,10-11H,5-7H2;1-5,10H,6-8H2;3-6H2,1-2H3;2*3-5H2,1-2H3. The van der Waals surface area contributed by atoms with Gasteiger partial charge in [0.25, 0.3) is 0 Å². The number of hydrogen-bond acceptors (Lipinski definition) is 21. The molecule has 7 unspecified atom stereocenters. The average Bonchev–Trinajstić information content (AvgIpc) is 0.958. The van der Waals surface area contributed by atoms with E-state index in [0.717, 1.165) is 182 Å². The maximum absolute atomic E-state index is 9.33. The summed E-state index contributed by atoms with van der Waals surface area (Å²) in [6, 6.07) is 38.3. The van der Waals surface area contributed by atoms with Crippen molar-refractivity contribution in [2.75, 3.05) is 158 Å². The number of aryl methyl sites for hydroxylation is 1. The van der Waals surface area contributed by atoms with E-state index in [1.807, 2.05) is 89.9 Å². The second kappa shape index (κ2) is 85.0. The van der Waals surface area contributed by atoms with Gasteiger partial charge in [-0.25, -0.2) is 0 Å². The molecule has 10 rings (SSSR count). The Morgan fingerprint density at radius 2 is 0.829 bits per heavy atom. The number of aliphatic hydroxyl groups is 4. The van der Waals surface area contributed by atoms with Crippen LogP contribution in [0.5, 0.6) is 5.75 Å². The summed E-state index contributed by atoms with van der Waals surface area (Å²) in [6.07, 6.45) is 32.4. The van der Waals surface area contributed by atoms with E-state index in [9.17, 15) is 5.11 Å². The van der Waals surface area contributed by atoms with E-state index in [1.54, 1.807) is 59.2 Å². The highest BCUT2D eigenvalue weighted by molar-refractivity contribution is 8.00. The Morgan fingerprint density at radius 3 is 1.27 bits per heavy atom. The van der Waals surface area contributed by atoms with Crippen molar-refractivity contribution < 1.29 is 68.2 Å². The third-order valence-corrected chi connectivity index (χ3v) is 25.4. The third-order valence-electron chi connectivity index (χ3n) is 17.6. The normalized spacial score (nSPS) is 19.4. The first kappa shape index (κ1) is 108. The zero-order valence-electron chi connectivity index (χ0n) is 70.0. The van der Waals surface area contributed by atoms with Crippen LogP contribution in [0, 0.1) is 0 Å². The minimum absolute atomic E-state index is 0.0666. The number of ether oxygens (including phenoxy) is 9. The molecule has 0 saturated carbocycles. The number of phenols is 1. The molecular weight excluding hydrogens is 1530 g/mol. The summed E-state index contributed by atoms with van der Waals surface area (Å²) in [5.41, 5.74) is 5.38. The van der Waals surface area contributed by atoms with Crippen molar-refractivity contribution in [2.24, 2.45) is 0 Å². The predicted molar refractivity (Wildman–Crippen MR) is 488 cm³/mol. The van der Waals surface area contributed by atoms with Gasteiger partial charge in [-0.05, 0) is 132 Å². The second-order valence-electron chi connectivity index (χ2n) is 27.5. The fraction of sp³-hybridized carbons (Fsp3) is 0.733. The first-order valence-electron chi connectivity index (χ1n) is 42.6. The monoisotopic (exact) mass is 1680 g/mol. The summed E-state index contributed by atoms with van der Waals surface area (Å²) in [4.78, 5) is 0. The van der Waals surface area contributed by atoms with Crippen LogP contribution in [0.15, 0.2) is 115 Å². The number of rotatable bonds is 39. The Labute approximate surface area is 707 Å². The van der Waals surface area contributed by atoms with Crippen molar-refractivity contribution in [1.29, 1.82) is 0 Å². The number of hydrogen-bond donors (Lipinski definition) is 5. The number of aliphatic hydroxyl groups excluding tert-OH is 4. The Bertz CT molecular complexity index is 2260. The molecule has 6 heterocycles. The van der Waals surface area contributed by atoms with Gasteiger partial charge in [-0.1, -0.05) is 215 Å². The van der Waals surface area contributed by atoms with Crippen molar-refractivity contribution in [3.63, 3.8) is 0 Å². The van der Waals surface area contributed by atoms with Crippen LogP contribution >= 0.6 is 82.3 Å². The number of unbranched alkanes of at least 4 members (excludes halogenated alkanes) is 7. The number of thioether (sulfide) groups is 7. The molecule has 0 bridgehead atoms. The first-order chi connectivity index (χ1) is 54.6. The lowest BCUT2D eigenvalue weighted by Crippen LogP contribution is -2.26. The molecule has 0 spiro atoms. The van der Waals surface area contributed by atoms with Crippen molar-refractivity contribution in [2.45, 2.75) is 260 Å². The van der Waals surface area contributed by atoms with E-state index in [1.165, 1.54) is 139 Å². The van der Waals surface area contributed by atoms with Crippen molar-refractivity contribution in [3.8, 4) is 5.75 Å². The van der Waals surface area contributed by atoms with Gasteiger partial charge in [0, 0.05) is 113 Å². The summed E-state index contributed by atoms with van der Waals surface area (Å²) >= 11 is 12.8. The smallest absolute Gasteiger partial charge is 0.157 e. The molecule has 6 fully saturated rings. The van der Waals surface area contributed by atoms with Gasteiger partial charge < -0.3 is 68.2 Å². The predicted octanol–water partition coefficient (Wildman–Crippen LogP) is 21.9. The quantitative estimate of drug-likeness (QED) is 0.0266. The highest BCUT2D eigenvalue weighted by Crippen LogP contribution is 2.28. The zero-order chi connectivity index (χ0) is 80.4. The lowest BCUT2D eigenvalue weighted by atomic mass is 10.2. The fourth-order valence-electron chi connectivity index (χ4n) is 11.2. The molecule has 111 heavy (non-hydrogen) atoms. The Morgan fingerprint density at radius 1 is 0.387 bits per heavy atom. The van der Waals surface area contributed by atoms with Crippen LogP contribution in [0.1, 0.15) is 230 Å². The SMILES string of the molecule is C1CCC(OCCSC2CCCOC2)OC1.C1CCC(SCCOC2CCCOC2)OC1.C1COCC(OCCSC2CCCOC2)C1.CC(SCCO)c1ccccc1.CCCCC.CCCCC.CCCCCC.OCCSCCc1ccccc1.OCCSCc1ccccc1.OCCSCc1ccccc1O. The molecule has 6 aliphatic rings. The number of benzene rings is 4. The number of aromatic hydroxyl groups is 1. The van der Waals surface area contributed by atoms with Crippen LogP contribution in [0.2, 0.25) is 0 Å². The summed E-state index contributed by atoms with van der Waals surface area (Å²) in [6.45, 7) is 27.9. The molecule has 0 aromatic heterocycles. The highest BCUT2D eigenvalue weighted by Gasteiger charge is 2.20. The second-order valence-corrected chi connectivity index (χ2v) is 36.4. The summed E-state index contributed by atoms with van der Waals surface area (Å²) < 4.78 is 50.1. The van der Waals surface area contributed by atoms with Crippen molar-refractivity contribution >= 4 is 82.3 Å². The maximum atomic E-state index is 9.33. The molecular formula is C90H156O14S7. The molecule has 6 saturated heterocycles. The van der Waals surface area contributed by atoms with Gasteiger partial charge in [0.15, 0.2) is 6.29 Å². The maximum Gasteiger partial charge on any atom is 0.157 e. The van der Waals surface area contributed by atoms with E-state index in [-0.39, 0.29) is 26.1 Å². The fourth-order valence-corrected chi connectivity index (χ4v) is 17.3. The summed E-state index contributed by atoms with van der Waals surface area (Å²) in [7, 11) is 0. The lowest BCUT2D eigenvalue weighted by molar-refractivity contribution is -0.158. The molecule has 14 nitrogen and oxygen atoms in total. The molecule has 4 aromatic rings. The van der Waals surface area contributed by atoms with Crippen molar-refractivity contribution in [3.05, 3.63) is 138 Å². The Balaban J connectivity index is 0.000000629. The van der Waals surface area contributed by atoms with E-state index < -0.39 is 0 Å². The van der Waals surface area contributed by atoms with Gasteiger partial charge in [-0.3, -0.25) is 0 Å². The lowest BCUT2D eigenvalue weighted by Gasteiger charge is -2.24. The summed E-state index contributed by atoms with van der Waals surface area (Å²) in [5, 5.41) is 45.4. The van der Waals surface area contributed by atoms with Crippen LogP contribution in [-0.4, -0.2) is 218 Å². The van der Waals surface area contributed by atoms with Crippen molar-refractivity contribution in [1.82, 2.24) is 0 Å². The Kier molecular flexibility index (Phi) is 82.5. The third kappa shape index (κ3) is 69.1. The molecule has 0 radical (unpaired) electrons. The van der Waals surface area contributed by atoms with Crippen LogP contribution in [0.3, 0.4) is 0 Å². The molecule has 642 valence electrons. The topological polar surface area (TPSA) is 184 Å². The van der Waals surface area contributed by atoms with E-state index in [4.69, 9.17) is 63.1 Å². The van der Waals surface area contributed by atoms with Crippen LogP contribution < -0.4 is 0 Å². The van der Waals surface area contributed by atoms with Gasteiger partial charge in [0.2, 0.25) is 0 Å². The molecule has 5 N–H and O–H groups in total. The molecule has 6 aliphatic heterocycles. The van der Waals surface area contributed by atoms with E-state index >= 15 is 0 Å². The van der Waals surface area contributed by atoms with E-state index in [2.05, 4.69) is 97.0 Å². The van der Waals surface area contributed by atoms with Gasteiger partial charge in [0.05, 0.1) is 84.9 Å². The number of para-hydroxylation sites is 1. The molecule has 21 heteroatoms. The minimum atomic E-state index is 0.0666. The Hall–Kier alpha value is -1.39. The molecule has 0 aliphatic carbocycles. The number of phenolic OH excluding ortho intramolecular Hbond substituents is 1. The van der Waals surface area contributed by atoms with Crippen LogP contribution in [0.4, 0.5) is 0 Å². The van der Waals surface area contributed by atoms with Crippen LogP contribution in [0.25, 0.3) is 0 Å². The zero-order valence-corrected chi connectivity index (χ0v) is 75.8. The van der Waals surface area contributed by atoms with Crippen LogP contribution in [-0.2, 0) is 60.6 Å². The highest BCUT2D eigenvalue weighted by atomic mass is 32.2. The molecule has 4 aromatic carbocycles. The van der Waals surface area contributed by atoms with Gasteiger partial charge in [-0.2, -0.15) is 70.6 Å². The largest absolute Gasteiger partial charge is 0.508 e. The average molecular weight is 1690 g/mol. The summed E-state index contributed by atoms with van der Waals surface area (Å²) in [5.74, 6) is 9.60. The van der Waals surface area contributed by atoms with Gasteiger partial charge in [0.1, 0.15) is 11.2 Å². The first-order valence-corrected chi connectivity index (χ1v) is 50.2. The van der Waals surface area contributed by atoms with Gasteiger partial charge >= 0.3 is 0 Å². The minimum Gasteiger partial charge on any atom is -0.508 e. The molecule has 0 amide bonds. The van der Waals surface area contributed by atoms with Gasteiger partial charge in [-0.15, -0.1) is 11.8 Å².